The van der Waals surface area contributed by atoms with Gasteiger partial charge in [0.05, 0.1) is 15.3 Å². The summed E-state index contributed by atoms with van der Waals surface area (Å²) in [6, 6.07) is 5.38. The number of halogens is 1. The zero-order valence-electron chi connectivity index (χ0n) is 13.8. The van der Waals surface area contributed by atoms with E-state index in [1.165, 1.54) is 19.1 Å². The first-order valence-corrected chi connectivity index (χ1v) is 9.32. The molecule has 1 fully saturated rings. The molecule has 1 aliphatic carbocycles. The molecule has 0 aliphatic heterocycles. The minimum absolute atomic E-state index is 0.136. The SMILES string of the molecule is CC(C)(C)[S@@](=O)/N=C/c1ccc(C(=O)NC2CCCC2)c(Cl)c1. The molecule has 1 saturated carbocycles. The van der Waals surface area contributed by atoms with Gasteiger partial charge in [0, 0.05) is 12.3 Å². The Morgan fingerprint density at radius 2 is 2.00 bits per heavy atom. The summed E-state index contributed by atoms with van der Waals surface area (Å²) in [7, 11) is -1.31. The fourth-order valence-electron chi connectivity index (χ4n) is 2.40. The van der Waals surface area contributed by atoms with Crippen LogP contribution >= 0.6 is 11.6 Å². The second-order valence-corrected chi connectivity index (χ2v) is 9.13. The van der Waals surface area contributed by atoms with Gasteiger partial charge in [-0.1, -0.05) is 30.5 Å². The van der Waals surface area contributed by atoms with Crippen LogP contribution in [0.2, 0.25) is 5.02 Å². The highest BCUT2D eigenvalue weighted by molar-refractivity contribution is 7.85. The second-order valence-electron chi connectivity index (χ2n) is 6.79. The number of hydrogen-bond donors (Lipinski definition) is 1. The lowest BCUT2D eigenvalue weighted by molar-refractivity contribution is 0.0938. The lowest BCUT2D eigenvalue weighted by Gasteiger charge is -2.13. The molecule has 0 heterocycles. The summed E-state index contributed by atoms with van der Waals surface area (Å²) >= 11 is 6.22. The third-order valence-electron chi connectivity index (χ3n) is 3.75. The van der Waals surface area contributed by atoms with Crippen LogP contribution in [0.1, 0.15) is 62.4 Å². The molecule has 0 unspecified atom stereocenters. The standard InChI is InChI=1S/C17H23ClN2O2S/c1-17(2,3)23(22)19-11-12-8-9-14(15(18)10-12)16(21)20-13-6-4-5-7-13/h8-11,13H,4-7H2,1-3H3,(H,20,21)/b19-11+/t23-/m1/s1. The first kappa shape index (κ1) is 18.1. The molecule has 0 saturated heterocycles. The van der Waals surface area contributed by atoms with Crippen molar-refractivity contribution in [2.24, 2.45) is 4.40 Å². The first-order valence-electron chi connectivity index (χ1n) is 7.84. The van der Waals surface area contributed by atoms with E-state index < -0.39 is 15.7 Å². The smallest absolute Gasteiger partial charge is 0.253 e. The molecular formula is C17H23ClN2O2S. The average Bonchev–Trinajstić information content (AvgIpc) is 2.96. The van der Waals surface area contributed by atoms with E-state index in [0.29, 0.717) is 10.6 Å². The predicted molar refractivity (Wildman–Crippen MR) is 96.7 cm³/mol. The zero-order chi connectivity index (χ0) is 17.0. The summed E-state index contributed by atoms with van der Waals surface area (Å²) in [5, 5.41) is 3.40. The Kier molecular flexibility index (Phi) is 5.98. The molecule has 1 aromatic carbocycles. The number of nitrogens with zero attached hydrogens (tertiary/aromatic N) is 1. The van der Waals surface area contributed by atoms with E-state index in [1.54, 1.807) is 18.2 Å². The molecule has 4 nitrogen and oxygen atoms in total. The van der Waals surface area contributed by atoms with Crippen molar-refractivity contribution in [3.63, 3.8) is 0 Å². The molecule has 0 bridgehead atoms. The van der Waals surface area contributed by atoms with Gasteiger partial charge in [-0.15, -0.1) is 0 Å². The van der Waals surface area contributed by atoms with Crippen molar-refractivity contribution in [3.05, 3.63) is 34.3 Å². The van der Waals surface area contributed by atoms with Crippen molar-refractivity contribution in [3.8, 4) is 0 Å². The molecule has 2 rings (SSSR count). The molecule has 1 aliphatic rings. The van der Waals surface area contributed by atoms with Crippen molar-refractivity contribution in [1.29, 1.82) is 0 Å². The molecule has 126 valence electrons. The van der Waals surface area contributed by atoms with Gasteiger partial charge in [-0.25, -0.2) is 4.21 Å². The number of benzene rings is 1. The Hall–Kier alpha value is -1.20. The van der Waals surface area contributed by atoms with Gasteiger partial charge >= 0.3 is 0 Å². The fourth-order valence-corrected chi connectivity index (χ4v) is 3.20. The fraction of sp³-hybridized carbons (Fsp3) is 0.529. The topological polar surface area (TPSA) is 58.5 Å². The highest BCUT2D eigenvalue weighted by Gasteiger charge is 2.20. The number of carbonyl (C=O) groups is 1. The van der Waals surface area contributed by atoms with Crippen LogP contribution in [-0.4, -0.2) is 27.1 Å². The van der Waals surface area contributed by atoms with E-state index in [-0.39, 0.29) is 11.9 Å². The van der Waals surface area contributed by atoms with Crippen molar-refractivity contribution >= 4 is 34.7 Å². The van der Waals surface area contributed by atoms with Crippen LogP contribution in [0, 0.1) is 0 Å². The summed E-state index contributed by atoms with van der Waals surface area (Å²) < 4.78 is 15.6. The van der Waals surface area contributed by atoms with Crippen molar-refractivity contribution in [2.75, 3.05) is 0 Å². The molecule has 6 heteroatoms. The van der Waals surface area contributed by atoms with E-state index in [9.17, 15) is 9.00 Å². The van der Waals surface area contributed by atoms with Crippen molar-refractivity contribution in [2.45, 2.75) is 57.2 Å². The normalized spacial score (nSPS) is 17.6. The Balaban J connectivity index is 2.06. The number of carbonyl (C=O) groups excluding carboxylic acids is 1. The predicted octanol–water partition coefficient (Wildman–Crippen LogP) is 3.89. The van der Waals surface area contributed by atoms with Crippen LogP contribution in [0.4, 0.5) is 0 Å². The highest BCUT2D eigenvalue weighted by Crippen LogP contribution is 2.21. The number of amides is 1. The van der Waals surface area contributed by atoms with Crippen LogP contribution in [0.3, 0.4) is 0 Å². The van der Waals surface area contributed by atoms with Crippen LogP contribution < -0.4 is 5.32 Å². The van der Waals surface area contributed by atoms with Gasteiger partial charge in [0.15, 0.2) is 0 Å². The van der Waals surface area contributed by atoms with Gasteiger partial charge < -0.3 is 5.32 Å². The van der Waals surface area contributed by atoms with Gasteiger partial charge in [-0.3, -0.25) is 4.79 Å². The largest absolute Gasteiger partial charge is 0.349 e. The van der Waals surface area contributed by atoms with Crippen LogP contribution in [0.15, 0.2) is 22.6 Å². The maximum atomic E-state index is 12.3. The molecule has 0 radical (unpaired) electrons. The Morgan fingerprint density at radius 1 is 1.35 bits per heavy atom. The number of rotatable bonds is 4. The minimum Gasteiger partial charge on any atom is -0.349 e. The average molecular weight is 355 g/mol. The maximum absolute atomic E-state index is 12.3. The van der Waals surface area contributed by atoms with Gasteiger partial charge in [-0.2, -0.15) is 4.40 Å². The van der Waals surface area contributed by atoms with E-state index in [2.05, 4.69) is 9.71 Å². The molecule has 1 atom stereocenters. The molecule has 1 aromatic rings. The van der Waals surface area contributed by atoms with E-state index in [1.807, 2.05) is 20.8 Å². The van der Waals surface area contributed by atoms with Gasteiger partial charge in [0.25, 0.3) is 5.91 Å². The second kappa shape index (κ2) is 7.58. The Bertz CT molecular complexity index is 632. The quantitative estimate of drug-likeness (QED) is 0.834. The van der Waals surface area contributed by atoms with Crippen molar-refractivity contribution in [1.82, 2.24) is 5.32 Å². The zero-order valence-corrected chi connectivity index (χ0v) is 15.3. The first-order chi connectivity index (χ1) is 10.8. The van der Waals surface area contributed by atoms with Crippen LogP contribution in [-0.2, 0) is 11.0 Å². The van der Waals surface area contributed by atoms with E-state index >= 15 is 0 Å². The van der Waals surface area contributed by atoms with Gasteiger partial charge in [-0.05, 0) is 51.3 Å². The third kappa shape index (κ3) is 5.15. The Morgan fingerprint density at radius 3 is 2.57 bits per heavy atom. The molecule has 0 spiro atoms. The molecule has 0 aromatic heterocycles. The monoisotopic (exact) mass is 354 g/mol. The lowest BCUT2D eigenvalue weighted by atomic mass is 10.1. The summed E-state index contributed by atoms with van der Waals surface area (Å²) in [5.41, 5.74) is 1.19. The maximum Gasteiger partial charge on any atom is 0.253 e. The molecule has 1 N–H and O–H groups in total. The summed E-state index contributed by atoms with van der Waals surface area (Å²) in [4.78, 5) is 12.3. The van der Waals surface area contributed by atoms with Gasteiger partial charge in [0.1, 0.15) is 11.0 Å². The third-order valence-corrected chi connectivity index (χ3v) is 5.41. The number of hydrogen-bond acceptors (Lipinski definition) is 2. The highest BCUT2D eigenvalue weighted by atomic mass is 35.5. The van der Waals surface area contributed by atoms with E-state index in [4.69, 9.17) is 11.6 Å². The number of nitrogens with one attached hydrogen (secondary N) is 1. The van der Waals surface area contributed by atoms with Crippen LogP contribution in [0.25, 0.3) is 0 Å². The van der Waals surface area contributed by atoms with Crippen molar-refractivity contribution < 1.29 is 9.00 Å². The summed E-state index contributed by atoms with van der Waals surface area (Å²) in [6.45, 7) is 5.59. The summed E-state index contributed by atoms with van der Waals surface area (Å²) in [6.07, 6.45) is 5.93. The molecule has 23 heavy (non-hydrogen) atoms. The molecule has 1 amide bonds. The minimum atomic E-state index is -1.31. The summed E-state index contributed by atoms with van der Waals surface area (Å²) in [5.74, 6) is -0.136. The molecular weight excluding hydrogens is 332 g/mol. The van der Waals surface area contributed by atoms with E-state index in [0.717, 1.165) is 18.4 Å². The Labute approximate surface area is 145 Å². The van der Waals surface area contributed by atoms with Gasteiger partial charge in [0.2, 0.25) is 0 Å². The van der Waals surface area contributed by atoms with Crippen LogP contribution in [0.5, 0.6) is 0 Å². The lowest BCUT2D eigenvalue weighted by Crippen LogP contribution is -2.32.